The molecule has 4 rings (SSSR count). The van der Waals surface area contributed by atoms with Crippen LogP contribution in [0.1, 0.15) is 35.7 Å². The van der Waals surface area contributed by atoms with E-state index in [1.807, 2.05) is 12.1 Å². The Bertz CT molecular complexity index is 745. The Morgan fingerprint density at radius 1 is 1.12 bits per heavy atom. The van der Waals surface area contributed by atoms with Gasteiger partial charge in [-0.25, -0.2) is 14.4 Å². The van der Waals surface area contributed by atoms with Gasteiger partial charge in [0.1, 0.15) is 18.0 Å². The Labute approximate surface area is 154 Å². The van der Waals surface area contributed by atoms with Gasteiger partial charge < -0.3 is 10.6 Å². The summed E-state index contributed by atoms with van der Waals surface area (Å²) in [5, 5.41) is 6.93. The number of hydrogen-bond acceptors (Lipinski definition) is 5. The van der Waals surface area contributed by atoms with Crippen LogP contribution in [-0.2, 0) is 12.8 Å². The molecule has 0 amide bonds. The Hall–Kier alpha value is -2.05. The summed E-state index contributed by atoms with van der Waals surface area (Å²) in [5.74, 6) is 0.774. The number of aromatic nitrogens is 2. The first kappa shape index (κ1) is 17.4. The van der Waals surface area contributed by atoms with Gasteiger partial charge in [0.25, 0.3) is 0 Å². The first-order chi connectivity index (χ1) is 12.8. The van der Waals surface area contributed by atoms with Crippen molar-refractivity contribution in [3.8, 4) is 0 Å². The van der Waals surface area contributed by atoms with Gasteiger partial charge in [0, 0.05) is 30.6 Å². The zero-order valence-electron chi connectivity index (χ0n) is 15.0. The summed E-state index contributed by atoms with van der Waals surface area (Å²) in [6.07, 6.45) is 5.85. The van der Waals surface area contributed by atoms with Crippen LogP contribution in [0.5, 0.6) is 0 Å². The highest BCUT2D eigenvalue weighted by molar-refractivity contribution is 5.47. The van der Waals surface area contributed by atoms with Crippen molar-refractivity contribution in [1.29, 1.82) is 0 Å². The van der Waals surface area contributed by atoms with Crippen LogP contribution in [-0.4, -0.2) is 47.6 Å². The third kappa shape index (κ3) is 3.71. The van der Waals surface area contributed by atoms with Crippen molar-refractivity contribution in [2.75, 3.05) is 38.0 Å². The van der Waals surface area contributed by atoms with Crippen molar-refractivity contribution in [3.63, 3.8) is 0 Å². The number of nitrogens with one attached hydrogen (secondary N) is 2. The molecule has 1 aromatic carbocycles. The number of nitrogens with zero attached hydrogens (tertiary/aromatic N) is 3. The van der Waals surface area contributed by atoms with Gasteiger partial charge in [-0.1, -0.05) is 18.2 Å². The van der Waals surface area contributed by atoms with Crippen LogP contribution in [0.4, 0.5) is 10.2 Å². The van der Waals surface area contributed by atoms with Gasteiger partial charge in [0.2, 0.25) is 0 Å². The molecule has 3 heterocycles. The molecule has 1 fully saturated rings. The van der Waals surface area contributed by atoms with E-state index in [1.165, 1.54) is 18.4 Å². The number of benzene rings is 1. The lowest BCUT2D eigenvalue weighted by Crippen LogP contribution is -2.32. The van der Waals surface area contributed by atoms with Crippen LogP contribution in [0.2, 0.25) is 0 Å². The Morgan fingerprint density at radius 3 is 2.77 bits per heavy atom. The van der Waals surface area contributed by atoms with E-state index < -0.39 is 0 Å². The number of fused-ring (bicyclic) bond motifs is 1. The minimum absolute atomic E-state index is 0.0215. The molecule has 0 bridgehead atoms. The smallest absolute Gasteiger partial charge is 0.132 e. The molecule has 0 radical (unpaired) electrons. The zero-order chi connectivity index (χ0) is 17.8. The molecule has 5 nitrogen and oxygen atoms in total. The van der Waals surface area contributed by atoms with E-state index >= 15 is 0 Å². The summed E-state index contributed by atoms with van der Waals surface area (Å²) in [5.41, 5.74) is 3.09. The van der Waals surface area contributed by atoms with Crippen LogP contribution < -0.4 is 10.6 Å². The van der Waals surface area contributed by atoms with Crippen LogP contribution in [0, 0.1) is 5.82 Å². The van der Waals surface area contributed by atoms with Crippen molar-refractivity contribution < 1.29 is 4.39 Å². The summed E-state index contributed by atoms with van der Waals surface area (Å²) >= 11 is 0. The van der Waals surface area contributed by atoms with E-state index in [0.29, 0.717) is 6.54 Å². The maximum absolute atomic E-state index is 14.5. The zero-order valence-corrected chi connectivity index (χ0v) is 15.0. The van der Waals surface area contributed by atoms with Gasteiger partial charge in [-0.15, -0.1) is 0 Å². The highest BCUT2D eigenvalue weighted by atomic mass is 19.1. The number of likely N-dealkylation sites (tertiary alicyclic amines) is 1. The lowest BCUT2D eigenvalue weighted by atomic mass is 10.0. The van der Waals surface area contributed by atoms with E-state index in [-0.39, 0.29) is 11.9 Å². The van der Waals surface area contributed by atoms with Gasteiger partial charge in [0.05, 0.1) is 11.7 Å². The highest BCUT2D eigenvalue weighted by Gasteiger charge is 2.26. The molecule has 0 unspecified atom stereocenters. The Morgan fingerprint density at radius 2 is 1.92 bits per heavy atom. The fraction of sp³-hybridized carbons (Fsp3) is 0.500. The summed E-state index contributed by atoms with van der Waals surface area (Å²) in [6, 6.07) is 7.16. The minimum Gasteiger partial charge on any atom is -0.368 e. The molecule has 0 saturated carbocycles. The molecular weight excluding hydrogens is 329 g/mol. The quantitative estimate of drug-likeness (QED) is 0.863. The Kier molecular flexibility index (Phi) is 5.41. The summed E-state index contributed by atoms with van der Waals surface area (Å²) in [7, 11) is 0. The lowest BCUT2D eigenvalue weighted by molar-refractivity contribution is 0.250. The molecule has 1 aromatic heterocycles. The highest BCUT2D eigenvalue weighted by Crippen LogP contribution is 2.28. The third-order valence-corrected chi connectivity index (χ3v) is 5.43. The normalized spacial score (nSPS) is 19.0. The van der Waals surface area contributed by atoms with Crippen molar-refractivity contribution in [2.24, 2.45) is 0 Å². The molecule has 1 atom stereocenters. The molecule has 2 aromatic rings. The third-order valence-electron chi connectivity index (χ3n) is 5.43. The van der Waals surface area contributed by atoms with E-state index in [1.54, 1.807) is 18.5 Å². The maximum atomic E-state index is 14.5. The molecule has 0 aliphatic carbocycles. The van der Waals surface area contributed by atoms with Crippen LogP contribution in [0.25, 0.3) is 0 Å². The van der Waals surface area contributed by atoms with Crippen molar-refractivity contribution >= 4 is 5.82 Å². The average Bonchev–Trinajstić information content (AvgIpc) is 3.08. The fourth-order valence-corrected chi connectivity index (χ4v) is 4.05. The number of rotatable bonds is 5. The van der Waals surface area contributed by atoms with Gasteiger partial charge in [-0.3, -0.25) is 4.90 Å². The largest absolute Gasteiger partial charge is 0.368 e. The Balaban J connectivity index is 1.57. The molecule has 2 aliphatic rings. The van der Waals surface area contributed by atoms with Crippen molar-refractivity contribution in [1.82, 2.24) is 20.2 Å². The average molecular weight is 355 g/mol. The monoisotopic (exact) mass is 355 g/mol. The van der Waals surface area contributed by atoms with Crippen LogP contribution in [0.15, 0.2) is 30.6 Å². The molecule has 6 heteroatoms. The van der Waals surface area contributed by atoms with E-state index in [4.69, 9.17) is 0 Å². The second-order valence-corrected chi connectivity index (χ2v) is 7.06. The van der Waals surface area contributed by atoms with E-state index in [2.05, 4.69) is 25.5 Å². The number of halogens is 1. The molecule has 2 N–H and O–H groups in total. The second-order valence-electron chi connectivity index (χ2n) is 7.06. The molecule has 0 spiro atoms. The predicted octanol–water partition coefficient (Wildman–Crippen LogP) is 2.55. The topological polar surface area (TPSA) is 53.1 Å². The maximum Gasteiger partial charge on any atom is 0.132 e. The first-order valence-corrected chi connectivity index (χ1v) is 9.59. The second kappa shape index (κ2) is 8.10. The summed E-state index contributed by atoms with van der Waals surface area (Å²) in [4.78, 5) is 11.3. The number of anilines is 1. The van der Waals surface area contributed by atoms with Gasteiger partial charge >= 0.3 is 0 Å². The predicted molar refractivity (Wildman–Crippen MR) is 101 cm³/mol. The molecule has 1 saturated heterocycles. The molecule has 2 aliphatic heterocycles. The van der Waals surface area contributed by atoms with E-state index in [9.17, 15) is 4.39 Å². The van der Waals surface area contributed by atoms with Crippen LogP contribution >= 0.6 is 0 Å². The summed E-state index contributed by atoms with van der Waals surface area (Å²) in [6.45, 7) is 4.59. The van der Waals surface area contributed by atoms with Crippen molar-refractivity contribution in [3.05, 3.63) is 53.2 Å². The van der Waals surface area contributed by atoms with Crippen LogP contribution in [0.3, 0.4) is 0 Å². The molecular formula is C20H26FN5. The SMILES string of the molecule is Fc1ccccc1[C@@H](CNc1ncnc2c1CCNCC2)N1CCCC1. The van der Waals surface area contributed by atoms with E-state index in [0.717, 1.165) is 56.1 Å². The lowest BCUT2D eigenvalue weighted by Gasteiger charge is -2.29. The van der Waals surface area contributed by atoms with Gasteiger partial charge in [0.15, 0.2) is 0 Å². The van der Waals surface area contributed by atoms with Gasteiger partial charge in [-0.05, 0) is 45.0 Å². The molecule has 26 heavy (non-hydrogen) atoms. The minimum atomic E-state index is -0.128. The van der Waals surface area contributed by atoms with Gasteiger partial charge in [-0.2, -0.15) is 0 Å². The molecule has 138 valence electrons. The number of hydrogen-bond donors (Lipinski definition) is 2. The van der Waals surface area contributed by atoms with Crippen molar-refractivity contribution in [2.45, 2.75) is 31.7 Å². The standard InChI is InChI=1S/C20H26FN5/c21-17-6-2-1-5-15(17)19(26-11-3-4-12-26)13-23-20-16-7-9-22-10-8-18(16)24-14-25-20/h1-2,5-6,14,19,22H,3-4,7-13H2,(H,23,24,25)/t19-/m1/s1. The first-order valence-electron chi connectivity index (χ1n) is 9.59. The fourth-order valence-electron chi connectivity index (χ4n) is 4.05. The summed E-state index contributed by atoms with van der Waals surface area (Å²) < 4.78 is 14.5.